The number of benzene rings is 1. The van der Waals surface area contributed by atoms with Gasteiger partial charge in [0, 0.05) is 19.5 Å². The summed E-state index contributed by atoms with van der Waals surface area (Å²) in [7, 11) is 0. The highest BCUT2D eigenvalue weighted by molar-refractivity contribution is 5.76. The zero-order valence-corrected chi connectivity index (χ0v) is 12.2. The summed E-state index contributed by atoms with van der Waals surface area (Å²) < 4.78 is 2.14. The van der Waals surface area contributed by atoms with Crippen LogP contribution in [-0.4, -0.2) is 35.1 Å². The Bertz CT molecular complexity index is 601. The average molecular weight is 286 g/mol. The van der Waals surface area contributed by atoms with E-state index in [0.29, 0.717) is 12.3 Å². The van der Waals surface area contributed by atoms with Gasteiger partial charge in [0.05, 0.1) is 17.4 Å². The topological polar surface area (TPSA) is 59.0 Å². The molecule has 1 fully saturated rings. The first kappa shape index (κ1) is 14.1. The molecule has 1 amide bonds. The van der Waals surface area contributed by atoms with Crippen LogP contribution >= 0.6 is 0 Å². The third kappa shape index (κ3) is 3.61. The number of rotatable bonds is 6. The van der Waals surface area contributed by atoms with Gasteiger partial charge in [0.25, 0.3) is 0 Å². The second-order valence-corrected chi connectivity index (χ2v) is 5.69. The Kier molecular flexibility index (Phi) is 4.50. The average Bonchev–Trinajstić information content (AvgIpc) is 3.13. The molecule has 2 N–H and O–H groups in total. The summed E-state index contributed by atoms with van der Waals surface area (Å²) in [5.74, 6) is 0.696. The van der Waals surface area contributed by atoms with Gasteiger partial charge in [-0.15, -0.1) is 0 Å². The molecule has 1 saturated heterocycles. The van der Waals surface area contributed by atoms with Crippen molar-refractivity contribution in [2.45, 2.75) is 25.8 Å². The van der Waals surface area contributed by atoms with Gasteiger partial charge in [0.15, 0.2) is 0 Å². The fourth-order valence-corrected chi connectivity index (χ4v) is 2.89. The van der Waals surface area contributed by atoms with Crippen molar-refractivity contribution in [1.82, 2.24) is 20.2 Å². The van der Waals surface area contributed by atoms with E-state index in [9.17, 15) is 4.79 Å². The number of carbonyl (C=O) groups is 1. The van der Waals surface area contributed by atoms with Crippen molar-refractivity contribution in [3.8, 4) is 0 Å². The molecule has 1 unspecified atom stereocenters. The summed E-state index contributed by atoms with van der Waals surface area (Å²) >= 11 is 0. The maximum absolute atomic E-state index is 11.8. The van der Waals surface area contributed by atoms with Crippen LogP contribution in [0.15, 0.2) is 30.6 Å². The number of nitrogens with zero attached hydrogens (tertiary/aromatic N) is 2. The minimum absolute atomic E-state index is 0.180. The number of amides is 1. The van der Waals surface area contributed by atoms with E-state index in [2.05, 4.69) is 26.3 Å². The van der Waals surface area contributed by atoms with Crippen molar-refractivity contribution in [3.63, 3.8) is 0 Å². The SMILES string of the molecule is O=C(CC1CCNC1)NCCCn1cnc2ccccc21. The van der Waals surface area contributed by atoms with Crippen LogP contribution in [0.5, 0.6) is 0 Å². The number of nitrogens with one attached hydrogen (secondary N) is 2. The molecule has 5 nitrogen and oxygen atoms in total. The van der Waals surface area contributed by atoms with Crippen molar-refractivity contribution in [2.24, 2.45) is 5.92 Å². The molecule has 0 aliphatic carbocycles. The first-order valence-corrected chi connectivity index (χ1v) is 7.70. The maximum atomic E-state index is 11.8. The second kappa shape index (κ2) is 6.72. The van der Waals surface area contributed by atoms with Crippen LogP contribution in [0.3, 0.4) is 0 Å². The molecular weight excluding hydrogens is 264 g/mol. The van der Waals surface area contributed by atoms with Gasteiger partial charge in [0.1, 0.15) is 0 Å². The lowest BCUT2D eigenvalue weighted by atomic mass is 10.0. The third-order valence-electron chi connectivity index (χ3n) is 4.06. The molecule has 1 aromatic carbocycles. The molecule has 0 bridgehead atoms. The smallest absolute Gasteiger partial charge is 0.220 e. The van der Waals surface area contributed by atoms with Crippen LogP contribution in [0, 0.1) is 5.92 Å². The Labute approximate surface area is 124 Å². The predicted octanol–water partition coefficient (Wildman–Crippen LogP) is 1.54. The number of hydrogen-bond acceptors (Lipinski definition) is 3. The molecule has 1 atom stereocenters. The van der Waals surface area contributed by atoms with E-state index in [1.165, 1.54) is 0 Å². The largest absolute Gasteiger partial charge is 0.356 e. The lowest BCUT2D eigenvalue weighted by Crippen LogP contribution is -2.27. The Balaban J connectivity index is 1.40. The standard InChI is InChI=1S/C16H22N4O/c21-16(10-13-6-8-17-11-13)18-7-3-9-20-12-19-14-4-1-2-5-15(14)20/h1-2,4-5,12-13,17H,3,6-11H2,(H,18,21). The highest BCUT2D eigenvalue weighted by atomic mass is 16.1. The van der Waals surface area contributed by atoms with E-state index >= 15 is 0 Å². The molecule has 112 valence electrons. The van der Waals surface area contributed by atoms with Crippen molar-refractivity contribution < 1.29 is 4.79 Å². The van der Waals surface area contributed by atoms with Crippen molar-refractivity contribution in [2.75, 3.05) is 19.6 Å². The van der Waals surface area contributed by atoms with Crippen LogP contribution in [-0.2, 0) is 11.3 Å². The minimum Gasteiger partial charge on any atom is -0.356 e. The fourth-order valence-electron chi connectivity index (χ4n) is 2.89. The number of hydrogen-bond donors (Lipinski definition) is 2. The summed E-state index contributed by atoms with van der Waals surface area (Å²) in [6.45, 7) is 3.64. The van der Waals surface area contributed by atoms with Gasteiger partial charge in [-0.1, -0.05) is 12.1 Å². The van der Waals surface area contributed by atoms with Crippen molar-refractivity contribution in [3.05, 3.63) is 30.6 Å². The number of aryl methyl sites for hydroxylation is 1. The summed E-state index contributed by atoms with van der Waals surface area (Å²) in [5, 5.41) is 6.31. The van der Waals surface area contributed by atoms with Gasteiger partial charge in [-0.3, -0.25) is 4.79 Å². The van der Waals surface area contributed by atoms with Crippen LogP contribution < -0.4 is 10.6 Å². The lowest BCUT2D eigenvalue weighted by Gasteiger charge is -2.09. The molecule has 0 radical (unpaired) electrons. The maximum Gasteiger partial charge on any atom is 0.220 e. The molecule has 0 spiro atoms. The third-order valence-corrected chi connectivity index (χ3v) is 4.06. The van der Waals surface area contributed by atoms with Crippen LogP contribution in [0.2, 0.25) is 0 Å². The van der Waals surface area contributed by atoms with Crippen LogP contribution in [0.4, 0.5) is 0 Å². The number of para-hydroxylation sites is 2. The second-order valence-electron chi connectivity index (χ2n) is 5.69. The van der Waals surface area contributed by atoms with E-state index < -0.39 is 0 Å². The van der Waals surface area contributed by atoms with Crippen molar-refractivity contribution >= 4 is 16.9 Å². The molecule has 5 heteroatoms. The molecule has 0 saturated carbocycles. The van der Waals surface area contributed by atoms with Gasteiger partial charge >= 0.3 is 0 Å². The number of aromatic nitrogens is 2. The normalized spacial score (nSPS) is 18.2. The molecule has 1 aliphatic heterocycles. The van der Waals surface area contributed by atoms with Crippen LogP contribution in [0.1, 0.15) is 19.3 Å². The van der Waals surface area contributed by atoms with Gasteiger partial charge in [-0.25, -0.2) is 4.98 Å². The van der Waals surface area contributed by atoms with Gasteiger partial charge in [-0.2, -0.15) is 0 Å². The molecule has 21 heavy (non-hydrogen) atoms. The number of imidazole rings is 1. The van der Waals surface area contributed by atoms with Gasteiger partial charge in [0.2, 0.25) is 5.91 Å². The van der Waals surface area contributed by atoms with E-state index in [0.717, 1.165) is 50.1 Å². The van der Waals surface area contributed by atoms with Crippen molar-refractivity contribution in [1.29, 1.82) is 0 Å². The van der Waals surface area contributed by atoms with E-state index in [1.54, 1.807) is 0 Å². The van der Waals surface area contributed by atoms with E-state index in [4.69, 9.17) is 0 Å². The molecule has 3 rings (SSSR count). The Morgan fingerprint density at radius 3 is 3.19 bits per heavy atom. The minimum atomic E-state index is 0.180. The highest BCUT2D eigenvalue weighted by Gasteiger charge is 2.17. The monoisotopic (exact) mass is 286 g/mol. The molecule has 2 heterocycles. The lowest BCUT2D eigenvalue weighted by molar-refractivity contribution is -0.121. The zero-order valence-electron chi connectivity index (χ0n) is 12.2. The summed E-state index contributed by atoms with van der Waals surface area (Å²) in [6.07, 6.45) is 4.57. The molecule has 2 aromatic rings. The summed E-state index contributed by atoms with van der Waals surface area (Å²) in [5.41, 5.74) is 2.18. The summed E-state index contributed by atoms with van der Waals surface area (Å²) in [6, 6.07) is 8.12. The molecular formula is C16H22N4O. The predicted molar refractivity (Wildman–Crippen MR) is 83.0 cm³/mol. The first-order chi connectivity index (χ1) is 10.3. The summed E-state index contributed by atoms with van der Waals surface area (Å²) in [4.78, 5) is 16.2. The fraction of sp³-hybridized carbons (Fsp3) is 0.500. The van der Waals surface area contributed by atoms with E-state index in [1.807, 2.05) is 24.5 Å². The molecule has 1 aromatic heterocycles. The quantitative estimate of drug-likeness (QED) is 0.792. The van der Waals surface area contributed by atoms with Crippen LogP contribution in [0.25, 0.3) is 11.0 Å². The number of fused-ring (bicyclic) bond motifs is 1. The van der Waals surface area contributed by atoms with Gasteiger partial charge < -0.3 is 15.2 Å². The first-order valence-electron chi connectivity index (χ1n) is 7.70. The van der Waals surface area contributed by atoms with Gasteiger partial charge in [-0.05, 0) is 44.0 Å². The number of carbonyl (C=O) groups excluding carboxylic acids is 1. The molecule has 1 aliphatic rings. The van der Waals surface area contributed by atoms with E-state index in [-0.39, 0.29) is 5.91 Å². The Morgan fingerprint density at radius 1 is 1.43 bits per heavy atom. The Hall–Kier alpha value is -1.88. The highest BCUT2D eigenvalue weighted by Crippen LogP contribution is 2.13. The zero-order chi connectivity index (χ0) is 14.5. The Morgan fingerprint density at radius 2 is 2.33 bits per heavy atom.